The van der Waals surface area contributed by atoms with Gasteiger partial charge in [-0.3, -0.25) is 4.79 Å². The largest absolute Gasteiger partial charge is 0.299 e. The number of azide groups is 2. The van der Waals surface area contributed by atoms with Gasteiger partial charge in [0.1, 0.15) is 5.78 Å². The number of carbonyl (C=O) groups excluding carboxylic acids is 1. The van der Waals surface area contributed by atoms with E-state index in [0.717, 1.165) is 43.2 Å². The summed E-state index contributed by atoms with van der Waals surface area (Å²) in [4.78, 5) is 18.8. The maximum Gasteiger partial charge on any atom is 0.139 e. The molecule has 7 heteroatoms. The van der Waals surface area contributed by atoms with E-state index >= 15 is 0 Å². The van der Waals surface area contributed by atoms with Crippen LogP contribution < -0.4 is 0 Å². The minimum absolute atomic E-state index is 0.0199. The van der Waals surface area contributed by atoms with E-state index in [2.05, 4.69) is 27.0 Å². The van der Waals surface area contributed by atoms with Crippen LogP contribution >= 0.6 is 0 Å². The van der Waals surface area contributed by atoms with Crippen molar-refractivity contribution in [1.29, 1.82) is 0 Å². The van der Waals surface area contributed by atoms with E-state index in [0.29, 0.717) is 23.1 Å². The van der Waals surface area contributed by atoms with E-state index in [-0.39, 0.29) is 11.8 Å². The molecule has 0 spiro atoms. The minimum atomic E-state index is 0.0199. The number of hydrogen-bond acceptors (Lipinski definition) is 3. The maximum atomic E-state index is 13.2. The SMILES string of the molecule is CCC1CC(Cc2ccc(N=[N+]=[N-])cc2)C(=O)C(Cc2ccc(N=[N+]=[N-])cc2)C1. The highest BCUT2D eigenvalue weighted by atomic mass is 16.1. The third-order valence-electron chi connectivity index (χ3n) is 5.78. The summed E-state index contributed by atoms with van der Waals surface area (Å²) in [5.41, 5.74) is 20.4. The van der Waals surface area contributed by atoms with Crippen LogP contribution in [-0.4, -0.2) is 5.78 Å². The Hall–Kier alpha value is -3.27. The first kappa shape index (κ1) is 20.5. The normalized spacial score (nSPS) is 21.1. The summed E-state index contributed by atoms with van der Waals surface area (Å²) >= 11 is 0. The lowest BCUT2D eigenvalue weighted by atomic mass is 9.70. The van der Waals surface area contributed by atoms with E-state index in [9.17, 15) is 4.79 Å². The molecule has 0 saturated heterocycles. The summed E-state index contributed by atoms with van der Waals surface area (Å²) < 4.78 is 0. The fourth-order valence-electron chi connectivity index (χ4n) is 4.24. The first-order chi connectivity index (χ1) is 14.1. The van der Waals surface area contributed by atoms with Crippen LogP contribution in [0.5, 0.6) is 0 Å². The Morgan fingerprint density at radius 3 is 1.59 bits per heavy atom. The van der Waals surface area contributed by atoms with Crippen molar-refractivity contribution in [2.24, 2.45) is 28.0 Å². The van der Waals surface area contributed by atoms with E-state index in [1.165, 1.54) is 0 Å². The second kappa shape index (κ2) is 9.78. The molecular weight excluding hydrogens is 364 g/mol. The number of carbonyl (C=O) groups is 1. The summed E-state index contributed by atoms with van der Waals surface area (Å²) in [6.45, 7) is 2.19. The van der Waals surface area contributed by atoms with E-state index in [1.54, 1.807) is 24.3 Å². The van der Waals surface area contributed by atoms with Gasteiger partial charge in [0.15, 0.2) is 0 Å². The van der Waals surface area contributed by atoms with Crippen molar-refractivity contribution in [2.45, 2.75) is 39.0 Å². The Morgan fingerprint density at radius 1 is 0.828 bits per heavy atom. The van der Waals surface area contributed by atoms with Crippen LogP contribution in [0.3, 0.4) is 0 Å². The van der Waals surface area contributed by atoms with E-state index in [1.807, 2.05) is 24.3 Å². The Kier molecular flexibility index (Phi) is 6.90. The first-order valence-corrected chi connectivity index (χ1v) is 9.94. The number of Topliss-reactive ketones (excluding diaryl/α,β-unsaturated/α-hetero) is 1. The van der Waals surface area contributed by atoms with Crippen LogP contribution in [-0.2, 0) is 17.6 Å². The highest BCUT2D eigenvalue weighted by Crippen LogP contribution is 2.36. The molecule has 0 radical (unpaired) electrons. The lowest BCUT2D eigenvalue weighted by Gasteiger charge is -2.33. The zero-order chi connectivity index (χ0) is 20.6. The van der Waals surface area contributed by atoms with Gasteiger partial charge < -0.3 is 0 Å². The Bertz CT molecular complexity index is 865. The van der Waals surface area contributed by atoms with E-state index < -0.39 is 0 Å². The van der Waals surface area contributed by atoms with Crippen molar-refractivity contribution in [2.75, 3.05) is 0 Å². The minimum Gasteiger partial charge on any atom is -0.299 e. The Morgan fingerprint density at radius 2 is 1.24 bits per heavy atom. The molecule has 0 aliphatic heterocycles. The smallest absolute Gasteiger partial charge is 0.139 e. The molecule has 3 rings (SSSR count). The van der Waals surface area contributed by atoms with Crippen LogP contribution in [0.15, 0.2) is 58.8 Å². The third kappa shape index (κ3) is 5.38. The van der Waals surface area contributed by atoms with Crippen molar-refractivity contribution in [3.8, 4) is 0 Å². The second-order valence-corrected chi connectivity index (χ2v) is 7.66. The molecule has 1 saturated carbocycles. The van der Waals surface area contributed by atoms with Crippen molar-refractivity contribution in [3.63, 3.8) is 0 Å². The van der Waals surface area contributed by atoms with Crippen LogP contribution in [0.1, 0.15) is 37.3 Å². The highest BCUT2D eigenvalue weighted by molar-refractivity contribution is 5.84. The van der Waals surface area contributed by atoms with Crippen molar-refractivity contribution < 1.29 is 4.79 Å². The number of ketones is 1. The van der Waals surface area contributed by atoms with E-state index in [4.69, 9.17) is 11.1 Å². The molecule has 1 aliphatic rings. The fourth-order valence-corrected chi connectivity index (χ4v) is 4.24. The summed E-state index contributed by atoms with van der Waals surface area (Å²) in [6.07, 6.45) is 4.38. The molecule has 2 atom stereocenters. The molecule has 0 amide bonds. The monoisotopic (exact) mass is 388 g/mol. The van der Waals surface area contributed by atoms with Crippen LogP contribution in [0.2, 0.25) is 0 Å². The lowest BCUT2D eigenvalue weighted by molar-refractivity contribution is -0.130. The quantitative estimate of drug-likeness (QED) is 0.284. The lowest BCUT2D eigenvalue weighted by Crippen LogP contribution is -2.35. The molecule has 2 unspecified atom stereocenters. The highest BCUT2D eigenvalue weighted by Gasteiger charge is 2.35. The molecule has 7 nitrogen and oxygen atoms in total. The molecule has 0 aromatic heterocycles. The molecule has 1 aliphatic carbocycles. The van der Waals surface area contributed by atoms with Gasteiger partial charge in [-0.15, -0.1) is 0 Å². The van der Waals surface area contributed by atoms with Gasteiger partial charge in [0, 0.05) is 33.0 Å². The van der Waals surface area contributed by atoms with Gasteiger partial charge in [0.2, 0.25) is 0 Å². The summed E-state index contributed by atoms with van der Waals surface area (Å²) in [5.74, 6) is 0.929. The first-order valence-electron chi connectivity index (χ1n) is 9.94. The van der Waals surface area contributed by atoms with Crippen molar-refractivity contribution in [3.05, 3.63) is 80.5 Å². The van der Waals surface area contributed by atoms with Gasteiger partial charge in [-0.1, -0.05) is 72.1 Å². The number of rotatable bonds is 7. The molecule has 1 fully saturated rings. The predicted molar refractivity (Wildman–Crippen MR) is 113 cm³/mol. The maximum absolute atomic E-state index is 13.2. The average Bonchev–Trinajstić information content (AvgIpc) is 2.74. The fraction of sp³-hybridized carbons (Fsp3) is 0.409. The molecule has 2 aromatic carbocycles. The predicted octanol–water partition coefficient (Wildman–Crippen LogP) is 6.98. The van der Waals surface area contributed by atoms with Crippen LogP contribution in [0.4, 0.5) is 11.4 Å². The van der Waals surface area contributed by atoms with Crippen molar-refractivity contribution in [1.82, 2.24) is 0 Å². The Labute approximate surface area is 170 Å². The standard InChI is InChI=1S/C22H24N6O/c1-2-15-11-18(13-16-3-7-20(8-4-16)25-27-23)22(29)19(12-15)14-17-5-9-21(10-6-17)26-28-24/h3-10,15,18-19H,2,11-14H2,1H3. The van der Waals surface area contributed by atoms with Crippen molar-refractivity contribution >= 4 is 17.2 Å². The number of benzene rings is 2. The molecule has 0 N–H and O–H groups in total. The van der Waals surface area contributed by atoms with Gasteiger partial charge in [-0.2, -0.15) is 0 Å². The van der Waals surface area contributed by atoms with Gasteiger partial charge in [-0.05, 0) is 53.8 Å². The Balaban J connectivity index is 1.72. The zero-order valence-corrected chi connectivity index (χ0v) is 16.5. The molecule has 0 bridgehead atoms. The molecule has 29 heavy (non-hydrogen) atoms. The van der Waals surface area contributed by atoms with Gasteiger partial charge in [0.25, 0.3) is 0 Å². The second-order valence-electron chi connectivity index (χ2n) is 7.66. The van der Waals surface area contributed by atoms with Gasteiger partial charge in [0.05, 0.1) is 0 Å². The molecule has 0 heterocycles. The van der Waals surface area contributed by atoms with Gasteiger partial charge >= 0.3 is 0 Å². The summed E-state index contributed by atoms with van der Waals surface area (Å²) in [5, 5.41) is 7.20. The molecular formula is C22H24N6O. The molecule has 148 valence electrons. The summed E-state index contributed by atoms with van der Waals surface area (Å²) in [6, 6.07) is 14.9. The summed E-state index contributed by atoms with van der Waals surface area (Å²) in [7, 11) is 0. The molecule has 2 aromatic rings. The average molecular weight is 388 g/mol. The third-order valence-corrected chi connectivity index (χ3v) is 5.78. The van der Waals surface area contributed by atoms with Crippen LogP contribution in [0.25, 0.3) is 20.9 Å². The van der Waals surface area contributed by atoms with Crippen LogP contribution in [0, 0.1) is 17.8 Å². The number of hydrogen-bond donors (Lipinski definition) is 0. The zero-order valence-electron chi connectivity index (χ0n) is 16.5. The topological polar surface area (TPSA) is 115 Å². The van der Waals surface area contributed by atoms with Gasteiger partial charge in [-0.25, -0.2) is 0 Å². The number of nitrogens with zero attached hydrogens (tertiary/aromatic N) is 6.